The van der Waals surface area contributed by atoms with Gasteiger partial charge in [-0.05, 0) is 0 Å². The Labute approximate surface area is 103 Å². The van der Waals surface area contributed by atoms with E-state index in [-0.39, 0.29) is 39.5 Å². The van der Waals surface area contributed by atoms with Crippen molar-refractivity contribution in [3.8, 4) is 0 Å². The molecule has 5 heteroatoms. The summed E-state index contributed by atoms with van der Waals surface area (Å²) in [5.74, 6) is -0.142. The fraction of sp³-hybridized carbons (Fsp3) is 0.875. The molecule has 2 fully saturated rings. The first-order chi connectivity index (χ1) is 5.81. The summed E-state index contributed by atoms with van der Waals surface area (Å²) in [5.41, 5.74) is 0. The third kappa shape index (κ3) is 2.94. The molecule has 73 valence electrons. The molecular formula is C8H13O4Y-. The van der Waals surface area contributed by atoms with Gasteiger partial charge in [-0.1, -0.05) is 12.8 Å². The SMILES string of the molecule is [CH2-]C1CCC2(CC1)OOCOO2.[Y]. The molecule has 0 amide bonds. The van der Waals surface area contributed by atoms with Crippen molar-refractivity contribution in [2.75, 3.05) is 6.79 Å². The third-order valence-corrected chi connectivity index (χ3v) is 2.38. The Bertz CT molecular complexity index is 148. The van der Waals surface area contributed by atoms with Gasteiger partial charge in [-0.15, -0.1) is 0 Å². The van der Waals surface area contributed by atoms with E-state index in [1.807, 2.05) is 0 Å². The molecule has 2 aliphatic rings. The summed E-state index contributed by atoms with van der Waals surface area (Å²) in [6.45, 7) is 4.03. The van der Waals surface area contributed by atoms with E-state index in [9.17, 15) is 0 Å². The van der Waals surface area contributed by atoms with Gasteiger partial charge in [0.05, 0.1) is 0 Å². The summed E-state index contributed by atoms with van der Waals surface area (Å²) in [7, 11) is 0. The van der Waals surface area contributed by atoms with Crippen molar-refractivity contribution in [3.63, 3.8) is 0 Å². The average Bonchev–Trinajstić information content (AvgIpc) is 2.13. The molecule has 0 aromatic rings. The molecular weight excluding hydrogens is 249 g/mol. The second kappa shape index (κ2) is 5.15. The topological polar surface area (TPSA) is 36.9 Å². The van der Waals surface area contributed by atoms with Crippen LogP contribution in [0, 0.1) is 12.8 Å². The predicted octanol–water partition coefficient (Wildman–Crippen LogP) is 1.57. The minimum atomic E-state index is -0.646. The van der Waals surface area contributed by atoms with E-state index in [4.69, 9.17) is 19.6 Å². The molecule has 2 rings (SSSR count). The minimum absolute atomic E-state index is 0. The molecule has 1 aliphatic carbocycles. The van der Waals surface area contributed by atoms with Gasteiger partial charge in [-0.3, -0.25) is 0 Å². The summed E-state index contributed by atoms with van der Waals surface area (Å²) in [4.78, 5) is 19.6. The van der Waals surface area contributed by atoms with Crippen LogP contribution in [0.4, 0.5) is 0 Å². The quantitative estimate of drug-likeness (QED) is 0.490. The summed E-state index contributed by atoms with van der Waals surface area (Å²) >= 11 is 0. The van der Waals surface area contributed by atoms with Crippen LogP contribution >= 0.6 is 0 Å². The first kappa shape index (κ1) is 12.0. The van der Waals surface area contributed by atoms with E-state index >= 15 is 0 Å². The molecule has 1 heterocycles. The standard InChI is InChI=1S/C8H13O4.Y/c1-7-2-4-8(5-3-7)11-9-6-10-12-8;/h7H,1-6H2;/q-1;. The Morgan fingerprint density at radius 2 is 1.62 bits per heavy atom. The molecule has 4 nitrogen and oxygen atoms in total. The largest absolute Gasteiger partial charge is 0.340 e. The average molecular weight is 262 g/mol. The Balaban J connectivity index is 0.000000845. The number of hydrogen-bond donors (Lipinski definition) is 0. The Morgan fingerprint density at radius 3 is 2.15 bits per heavy atom. The predicted molar refractivity (Wildman–Crippen MR) is 39.3 cm³/mol. The third-order valence-electron chi connectivity index (χ3n) is 2.38. The molecule has 0 bridgehead atoms. The molecule has 1 saturated carbocycles. The maximum atomic E-state index is 5.08. The van der Waals surface area contributed by atoms with Gasteiger partial charge in [-0.2, -0.15) is 15.7 Å². The monoisotopic (exact) mass is 262 g/mol. The van der Waals surface area contributed by atoms with Crippen molar-refractivity contribution in [1.82, 2.24) is 0 Å². The molecule has 1 aliphatic heterocycles. The maximum absolute atomic E-state index is 5.08. The molecule has 1 saturated heterocycles. The summed E-state index contributed by atoms with van der Waals surface area (Å²) in [5, 5.41) is 0. The molecule has 0 N–H and O–H groups in total. The molecule has 0 atom stereocenters. The minimum Gasteiger partial charge on any atom is -0.340 e. The van der Waals surface area contributed by atoms with Crippen molar-refractivity contribution in [1.29, 1.82) is 0 Å². The smallest absolute Gasteiger partial charge is 0.234 e. The van der Waals surface area contributed by atoms with Gasteiger partial charge in [0.2, 0.25) is 12.6 Å². The van der Waals surface area contributed by atoms with Crippen molar-refractivity contribution < 1.29 is 52.3 Å². The van der Waals surface area contributed by atoms with Crippen molar-refractivity contribution in [2.24, 2.45) is 5.92 Å². The first-order valence-corrected chi connectivity index (χ1v) is 4.25. The fourth-order valence-electron chi connectivity index (χ4n) is 1.58. The zero-order valence-electron chi connectivity index (χ0n) is 7.53. The van der Waals surface area contributed by atoms with Gasteiger partial charge in [0.15, 0.2) is 0 Å². The van der Waals surface area contributed by atoms with Gasteiger partial charge in [-0.25, -0.2) is 9.78 Å². The van der Waals surface area contributed by atoms with Crippen molar-refractivity contribution in [3.05, 3.63) is 6.92 Å². The van der Waals surface area contributed by atoms with Crippen molar-refractivity contribution in [2.45, 2.75) is 31.5 Å². The number of rotatable bonds is 0. The van der Waals surface area contributed by atoms with Gasteiger partial charge < -0.3 is 6.92 Å². The van der Waals surface area contributed by atoms with Crippen LogP contribution in [-0.4, -0.2) is 12.6 Å². The molecule has 1 spiro atoms. The molecule has 0 unspecified atom stereocenters. The Hall–Kier alpha value is 0.944. The Kier molecular flexibility index (Phi) is 4.76. The first-order valence-electron chi connectivity index (χ1n) is 4.25. The molecule has 1 radical (unpaired) electrons. The van der Waals surface area contributed by atoms with Crippen LogP contribution in [0.5, 0.6) is 0 Å². The van der Waals surface area contributed by atoms with Crippen LogP contribution in [0.25, 0.3) is 0 Å². The van der Waals surface area contributed by atoms with Crippen LogP contribution in [0.3, 0.4) is 0 Å². The second-order valence-corrected chi connectivity index (χ2v) is 3.37. The van der Waals surface area contributed by atoms with E-state index in [1.165, 1.54) is 0 Å². The summed E-state index contributed by atoms with van der Waals surface area (Å²) in [6, 6.07) is 0. The van der Waals surface area contributed by atoms with Crippen molar-refractivity contribution >= 4 is 0 Å². The molecule has 0 aromatic heterocycles. The number of hydrogen-bond acceptors (Lipinski definition) is 4. The van der Waals surface area contributed by atoms with Crippen LogP contribution in [0.2, 0.25) is 0 Å². The van der Waals surface area contributed by atoms with E-state index in [1.54, 1.807) is 0 Å². The zero-order chi connectivity index (χ0) is 8.44. The zero-order valence-corrected chi connectivity index (χ0v) is 10.4. The van der Waals surface area contributed by atoms with Gasteiger partial charge in [0, 0.05) is 45.6 Å². The summed E-state index contributed by atoms with van der Waals surface area (Å²) < 4.78 is 0. The normalized spacial score (nSPS) is 28.4. The van der Waals surface area contributed by atoms with E-state index < -0.39 is 5.79 Å². The van der Waals surface area contributed by atoms with E-state index in [2.05, 4.69) is 6.92 Å². The van der Waals surface area contributed by atoms with Gasteiger partial charge >= 0.3 is 0 Å². The second-order valence-electron chi connectivity index (χ2n) is 3.37. The Morgan fingerprint density at radius 1 is 1.08 bits per heavy atom. The molecule has 0 aromatic carbocycles. The van der Waals surface area contributed by atoms with Crippen LogP contribution < -0.4 is 0 Å². The van der Waals surface area contributed by atoms with Gasteiger partial charge in [0.25, 0.3) is 0 Å². The maximum Gasteiger partial charge on any atom is 0.234 e. The molecule has 13 heavy (non-hydrogen) atoms. The summed E-state index contributed by atoms with van der Waals surface area (Å²) in [6.07, 6.45) is 3.57. The van der Waals surface area contributed by atoms with Crippen LogP contribution in [-0.2, 0) is 52.3 Å². The van der Waals surface area contributed by atoms with E-state index in [0.717, 1.165) is 25.7 Å². The van der Waals surface area contributed by atoms with Crippen LogP contribution in [0.15, 0.2) is 0 Å². The van der Waals surface area contributed by atoms with Crippen LogP contribution in [0.1, 0.15) is 25.7 Å². The van der Waals surface area contributed by atoms with E-state index in [0.29, 0.717) is 5.92 Å². The van der Waals surface area contributed by atoms with Gasteiger partial charge in [0.1, 0.15) is 0 Å². The fourth-order valence-corrected chi connectivity index (χ4v) is 1.58.